The van der Waals surface area contributed by atoms with Gasteiger partial charge in [-0.1, -0.05) is 239 Å². The summed E-state index contributed by atoms with van der Waals surface area (Å²) in [5.41, 5.74) is 0. The van der Waals surface area contributed by atoms with Crippen LogP contribution in [0.15, 0.2) is 122 Å². The van der Waals surface area contributed by atoms with Crippen LogP contribution in [0.3, 0.4) is 0 Å². The predicted molar refractivity (Wildman–Crippen MR) is 316 cm³/mol. The average molecular weight is 1010 g/mol. The van der Waals surface area contributed by atoms with Crippen molar-refractivity contribution in [2.75, 3.05) is 13.2 Å². The Hall–Kier alpha value is -4.19. The Bertz CT molecular complexity index is 1540. The van der Waals surface area contributed by atoms with E-state index < -0.39 is 6.10 Å². The monoisotopic (exact) mass is 1010 g/mol. The summed E-state index contributed by atoms with van der Waals surface area (Å²) in [6, 6.07) is 0. The molecule has 0 rings (SSSR count). The Labute approximate surface area is 450 Å². The summed E-state index contributed by atoms with van der Waals surface area (Å²) >= 11 is 0. The molecule has 0 aromatic heterocycles. The minimum Gasteiger partial charge on any atom is -0.462 e. The van der Waals surface area contributed by atoms with Gasteiger partial charge in [-0.05, 0) is 128 Å². The first-order valence-corrected chi connectivity index (χ1v) is 30.0. The van der Waals surface area contributed by atoms with Gasteiger partial charge in [-0.15, -0.1) is 0 Å². The topological polar surface area (TPSA) is 78.9 Å². The number of carbonyl (C=O) groups is 3. The molecule has 1 unspecified atom stereocenters. The molecule has 0 fully saturated rings. The molecule has 0 saturated carbocycles. The van der Waals surface area contributed by atoms with E-state index >= 15 is 0 Å². The molecule has 1 atom stereocenters. The van der Waals surface area contributed by atoms with Crippen LogP contribution in [0.5, 0.6) is 0 Å². The fourth-order valence-corrected chi connectivity index (χ4v) is 7.98. The number of esters is 3. The van der Waals surface area contributed by atoms with E-state index in [2.05, 4.69) is 142 Å². The second-order valence-corrected chi connectivity index (χ2v) is 19.5. The maximum absolute atomic E-state index is 12.9. The molecule has 0 aromatic rings. The highest BCUT2D eigenvalue weighted by Crippen LogP contribution is 2.14. The molecule has 0 aromatic carbocycles. The molecule has 73 heavy (non-hydrogen) atoms. The van der Waals surface area contributed by atoms with Gasteiger partial charge in [0.1, 0.15) is 13.2 Å². The van der Waals surface area contributed by atoms with E-state index in [1.807, 2.05) is 0 Å². The average Bonchev–Trinajstić information content (AvgIpc) is 3.39. The molecule has 0 bridgehead atoms. The molecule has 0 aliphatic carbocycles. The van der Waals surface area contributed by atoms with E-state index in [4.69, 9.17) is 14.2 Å². The molecule has 0 saturated heterocycles. The first-order valence-electron chi connectivity index (χ1n) is 30.0. The molecule has 0 spiro atoms. The van der Waals surface area contributed by atoms with Gasteiger partial charge >= 0.3 is 17.9 Å². The molecule has 0 radical (unpaired) electrons. The van der Waals surface area contributed by atoms with Crippen molar-refractivity contribution >= 4 is 17.9 Å². The van der Waals surface area contributed by atoms with Crippen LogP contribution < -0.4 is 0 Å². The standard InChI is InChI=1S/C67H110O6/c1-4-7-10-13-16-19-22-25-27-29-31-32-33-34-36-37-39-42-45-48-51-54-57-60-66(69)72-63-64(62-71-65(68)59-56-53-50-47-44-41-24-21-18-15-12-9-6-3)73-67(70)61-58-55-52-49-46-43-40-38-35-30-28-26-23-20-17-14-11-8-5-2/h8-9,11-12,17-18,20-22,25-26,28-29,31,33-35,38,41,44,64H,4-7,10,13-16,19,23-24,27,30,32,36-37,39-40,42-43,45-63H2,1-3H3/b11-8-,12-9-,20-17-,21-18-,25-22-,28-26-,31-29-,34-33-,38-35-,44-41-. The third-order valence-corrected chi connectivity index (χ3v) is 12.4. The zero-order valence-electron chi connectivity index (χ0n) is 47.4. The molecule has 0 N–H and O–H groups in total. The van der Waals surface area contributed by atoms with Crippen molar-refractivity contribution in [2.24, 2.45) is 0 Å². The number of hydrogen-bond donors (Lipinski definition) is 0. The van der Waals surface area contributed by atoms with Crippen LogP contribution in [0.4, 0.5) is 0 Å². The van der Waals surface area contributed by atoms with Crippen LogP contribution in [-0.2, 0) is 28.6 Å². The number of unbranched alkanes of at least 4 members (excludes halogenated alkanes) is 22. The second kappa shape index (κ2) is 60.4. The quantitative estimate of drug-likeness (QED) is 0.0261. The van der Waals surface area contributed by atoms with Crippen molar-refractivity contribution < 1.29 is 28.6 Å². The number of allylic oxidation sites excluding steroid dienone is 20. The van der Waals surface area contributed by atoms with Gasteiger partial charge in [0.15, 0.2) is 6.10 Å². The van der Waals surface area contributed by atoms with E-state index in [0.717, 1.165) is 141 Å². The Morgan fingerprint density at radius 1 is 0.288 bits per heavy atom. The van der Waals surface area contributed by atoms with Gasteiger partial charge in [-0.3, -0.25) is 14.4 Å². The lowest BCUT2D eigenvalue weighted by Gasteiger charge is -2.18. The highest BCUT2D eigenvalue weighted by Gasteiger charge is 2.19. The molecule has 0 amide bonds. The smallest absolute Gasteiger partial charge is 0.306 e. The third kappa shape index (κ3) is 58.6. The Morgan fingerprint density at radius 2 is 0.534 bits per heavy atom. The normalized spacial score (nSPS) is 13.0. The van der Waals surface area contributed by atoms with Gasteiger partial charge < -0.3 is 14.2 Å². The van der Waals surface area contributed by atoms with Crippen LogP contribution >= 0.6 is 0 Å². The van der Waals surface area contributed by atoms with Gasteiger partial charge in [-0.25, -0.2) is 0 Å². The van der Waals surface area contributed by atoms with E-state index in [-0.39, 0.29) is 31.1 Å². The minimum absolute atomic E-state index is 0.100. The first-order chi connectivity index (χ1) is 36.0. The molecule has 414 valence electrons. The van der Waals surface area contributed by atoms with Crippen LogP contribution in [0.2, 0.25) is 0 Å². The van der Waals surface area contributed by atoms with Crippen LogP contribution in [0, 0.1) is 0 Å². The van der Waals surface area contributed by atoms with Gasteiger partial charge in [0, 0.05) is 19.3 Å². The summed E-state index contributed by atoms with van der Waals surface area (Å²) in [4.78, 5) is 38.2. The lowest BCUT2D eigenvalue weighted by atomic mass is 10.1. The van der Waals surface area contributed by atoms with E-state index in [0.29, 0.717) is 19.3 Å². The largest absolute Gasteiger partial charge is 0.462 e. The van der Waals surface area contributed by atoms with Gasteiger partial charge in [-0.2, -0.15) is 0 Å². The maximum Gasteiger partial charge on any atom is 0.306 e. The molecule has 0 heterocycles. The van der Waals surface area contributed by atoms with E-state index in [9.17, 15) is 14.4 Å². The fourth-order valence-electron chi connectivity index (χ4n) is 7.98. The highest BCUT2D eigenvalue weighted by molar-refractivity contribution is 5.71. The summed E-state index contributed by atoms with van der Waals surface area (Å²) in [6.07, 6.45) is 83.4. The SMILES string of the molecule is CC/C=C\C/C=C\C/C=C\C/C=C\CCCCCCCCC(=O)OC(COC(=O)CCCCC/C=C\C/C=C\C/C=C\CC)COC(=O)CCCCCCCCCC/C=C\C/C=C\C/C=C\CCCCCCC. The Balaban J connectivity index is 4.42. The lowest BCUT2D eigenvalue weighted by molar-refractivity contribution is -0.167. The van der Waals surface area contributed by atoms with Crippen molar-refractivity contribution in [1.29, 1.82) is 0 Å². The maximum atomic E-state index is 12.9. The van der Waals surface area contributed by atoms with Gasteiger partial charge in [0.25, 0.3) is 0 Å². The molecular formula is C67H110O6. The van der Waals surface area contributed by atoms with Gasteiger partial charge in [0.05, 0.1) is 0 Å². The molecule has 0 aliphatic rings. The summed E-state index contributed by atoms with van der Waals surface area (Å²) in [6.45, 7) is 6.36. The lowest BCUT2D eigenvalue weighted by Crippen LogP contribution is -2.30. The minimum atomic E-state index is -0.806. The Kier molecular flexibility index (Phi) is 56.9. The second-order valence-electron chi connectivity index (χ2n) is 19.5. The summed E-state index contributed by atoms with van der Waals surface area (Å²) in [7, 11) is 0. The number of rotatable bonds is 53. The molecular weight excluding hydrogens is 901 g/mol. The fraction of sp³-hybridized carbons (Fsp3) is 0.657. The van der Waals surface area contributed by atoms with Crippen molar-refractivity contribution in [3.05, 3.63) is 122 Å². The summed E-state index contributed by atoms with van der Waals surface area (Å²) in [5.74, 6) is -0.951. The van der Waals surface area contributed by atoms with Crippen LogP contribution in [0.25, 0.3) is 0 Å². The molecule has 0 aliphatic heterocycles. The zero-order chi connectivity index (χ0) is 52.9. The molecule has 6 heteroatoms. The molecule has 6 nitrogen and oxygen atoms in total. The summed E-state index contributed by atoms with van der Waals surface area (Å²) < 4.78 is 16.8. The Morgan fingerprint density at radius 3 is 0.849 bits per heavy atom. The first kappa shape index (κ1) is 68.8. The van der Waals surface area contributed by atoms with Crippen LogP contribution in [0.1, 0.15) is 265 Å². The van der Waals surface area contributed by atoms with E-state index in [1.54, 1.807) is 0 Å². The van der Waals surface area contributed by atoms with E-state index in [1.165, 1.54) is 83.5 Å². The predicted octanol–water partition coefficient (Wildman–Crippen LogP) is 20.4. The zero-order valence-corrected chi connectivity index (χ0v) is 47.4. The van der Waals surface area contributed by atoms with Crippen molar-refractivity contribution in [1.82, 2.24) is 0 Å². The summed E-state index contributed by atoms with van der Waals surface area (Å²) in [5, 5.41) is 0. The highest BCUT2D eigenvalue weighted by atomic mass is 16.6. The number of ether oxygens (including phenoxy) is 3. The van der Waals surface area contributed by atoms with Crippen molar-refractivity contribution in [3.63, 3.8) is 0 Å². The third-order valence-electron chi connectivity index (χ3n) is 12.4. The van der Waals surface area contributed by atoms with Crippen molar-refractivity contribution in [3.8, 4) is 0 Å². The van der Waals surface area contributed by atoms with Crippen molar-refractivity contribution in [2.45, 2.75) is 271 Å². The van der Waals surface area contributed by atoms with Gasteiger partial charge in [0.2, 0.25) is 0 Å². The number of carbonyl (C=O) groups excluding carboxylic acids is 3. The van der Waals surface area contributed by atoms with Crippen LogP contribution in [-0.4, -0.2) is 37.2 Å². The number of hydrogen-bond acceptors (Lipinski definition) is 6.